The van der Waals surface area contributed by atoms with Crippen LogP contribution in [0.2, 0.25) is 0 Å². The van der Waals surface area contributed by atoms with Gasteiger partial charge in [0.05, 0.1) is 17.1 Å². The highest BCUT2D eigenvalue weighted by molar-refractivity contribution is 9.10. The van der Waals surface area contributed by atoms with Crippen LogP contribution in [0.3, 0.4) is 0 Å². The normalized spacial score (nSPS) is 10.8. The van der Waals surface area contributed by atoms with E-state index in [1.165, 1.54) is 6.07 Å². The van der Waals surface area contributed by atoms with E-state index < -0.39 is 0 Å². The van der Waals surface area contributed by atoms with Crippen LogP contribution < -0.4 is 15.4 Å². The van der Waals surface area contributed by atoms with E-state index in [2.05, 4.69) is 38.5 Å². The van der Waals surface area contributed by atoms with Gasteiger partial charge in [0.15, 0.2) is 10.7 Å². The number of phenolic OH excluding ortho intramolecular Hbond substituents is 1. The Bertz CT molecular complexity index is 1370. The molecule has 1 aromatic heterocycles. The van der Waals surface area contributed by atoms with Gasteiger partial charge in [-0.25, -0.2) is 4.98 Å². The van der Waals surface area contributed by atoms with Crippen LogP contribution in [0.1, 0.15) is 22.8 Å². The van der Waals surface area contributed by atoms with Crippen molar-refractivity contribution in [3.8, 4) is 23.0 Å². The number of halogens is 1. The zero-order chi connectivity index (χ0) is 23.5. The molecule has 0 bridgehead atoms. The van der Waals surface area contributed by atoms with Gasteiger partial charge in [-0.15, -0.1) is 0 Å². The molecule has 0 saturated carbocycles. The number of aryl methyl sites for hydroxylation is 1. The van der Waals surface area contributed by atoms with Crippen LogP contribution >= 0.6 is 28.1 Å². The van der Waals surface area contributed by atoms with Crippen LogP contribution in [-0.2, 0) is 6.42 Å². The molecule has 0 unspecified atom stereocenters. The number of rotatable bonds is 5. The van der Waals surface area contributed by atoms with Gasteiger partial charge in [-0.2, -0.15) is 0 Å². The molecule has 4 aromatic rings. The van der Waals surface area contributed by atoms with E-state index in [4.69, 9.17) is 21.4 Å². The standard InChI is InChI=1S/C24H20BrN3O4S/c1-3-13-4-8-21-18(10-13)27-23(32-21)16-12-15(6-7-19(16)29)26-24(33)28-22(30)14-5-9-20(31-2)17(25)11-14/h4-12,29H,3H2,1-2H3,(H2,26,28,30,33). The predicted octanol–water partition coefficient (Wildman–Crippen LogP) is 5.66. The zero-order valence-electron chi connectivity index (χ0n) is 17.8. The number of anilines is 1. The quantitative estimate of drug-likeness (QED) is 0.228. The molecule has 0 radical (unpaired) electrons. The molecule has 0 atom stereocenters. The number of carbonyl (C=O) groups is 1. The number of amides is 1. The number of nitrogens with zero attached hydrogens (tertiary/aromatic N) is 1. The lowest BCUT2D eigenvalue weighted by atomic mass is 10.1. The number of nitrogens with one attached hydrogen (secondary N) is 2. The first-order valence-electron chi connectivity index (χ1n) is 10.1. The molecular weight excluding hydrogens is 506 g/mol. The number of benzene rings is 3. The van der Waals surface area contributed by atoms with E-state index in [-0.39, 0.29) is 22.7 Å². The van der Waals surface area contributed by atoms with Crippen molar-refractivity contribution in [2.45, 2.75) is 13.3 Å². The minimum absolute atomic E-state index is 0.0147. The van der Waals surface area contributed by atoms with Gasteiger partial charge in [0, 0.05) is 11.3 Å². The number of phenols is 1. The Morgan fingerprint density at radius 3 is 2.73 bits per heavy atom. The van der Waals surface area contributed by atoms with E-state index in [0.717, 1.165) is 17.5 Å². The molecule has 0 aliphatic carbocycles. The summed E-state index contributed by atoms with van der Waals surface area (Å²) in [6.07, 6.45) is 0.888. The second-order valence-corrected chi connectivity index (χ2v) is 8.43. The molecule has 7 nitrogen and oxygen atoms in total. The van der Waals surface area contributed by atoms with E-state index in [0.29, 0.717) is 32.6 Å². The van der Waals surface area contributed by atoms with E-state index in [1.807, 2.05) is 18.2 Å². The first kappa shape index (κ1) is 22.8. The molecule has 9 heteroatoms. The molecule has 3 N–H and O–H groups in total. The number of hydrogen-bond donors (Lipinski definition) is 3. The lowest BCUT2D eigenvalue weighted by molar-refractivity contribution is 0.0977. The van der Waals surface area contributed by atoms with Crippen molar-refractivity contribution in [3.05, 3.63) is 70.2 Å². The van der Waals surface area contributed by atoms with E-state index in [1.54, 1.807) is 37.4 Å². The fourth-order valence-corrected chi connectivity index (χ4v) is 3.99. The highest BCUT2D eigenvalue weighted by Crippen LogP contribution is 2.33. The van der Waals surface area contributed by atoms with Crippen molar-refractivity contribution in [3.63, 3.8) is 0 Å². The Labute approximate surface area is 203 Å². The topological polar surface area (TPSA) is 96.6 Å². The average molecular weight is 526 g/mol. The number of aromatic hydroxyl groups is 1. The van der Waals surface area contributed by atoms with Gasteiger partial charge >= 0.3 is 0 Å². The van der Waals surface area contributed by atoms with Crippen molar-refractivity contribution in [1.29, 1.82) is 0 Å². The Balaban J connectivity index is 1.51. The third kappa shape index (κ3) is 4.99. The Kier molecular flexibility index (Phi) is 6.62. The monoisotopic (exact) mass is 525 g/mol. The summed E-state index contributed by atoms with van der Waals surface area (Å²) >= 11 is 8.65. The summed E-state index contributed by atoms with van der Waals surface area (Å²) < 4.78 is 11.7. The number of hydrogen-bond acceptors (Lipinski definition) is 6. The Morgan fingerprint density at radius 1 is 1.18 bits per heavy atom. The number of thiocarbonyl (C=S) groups is 1. The molecular formula is C24H20BrN3O4S. The molecule has 4 rings (SSSR count). The van der Waals surface area contributed by atoms with E-state index >= 15 is 0 Å². The maximum Gasteiger partial charge on any atom is 0.257 e. The average Bonchev–Trinajstić information content (AvgIpc) is 3.23. The van der Waals surface area contributed by atoms with Crippen molar-refractivity contribution in [1.82, 2.24) is 10.3 Å². The van der Waals surface area contributed by atoms with Crippen LogP contribution in [0.25, 0.3) is 22.6 Å². The molecule has 0 aliphatic heterocycles. The molecule has 3 aromatic carbocycles. The lowest BCUT2D eigenvalue weighted by Crippen LogP contribution is -2.34. The first-order valence-corrected chi connectivity index (χ1v) is 11.3. The SMILES string of the molecule is CCc1ccc2oc(-c3cc(NC(=S)NC(=O)c4ccc(OC)c(Br)c4)ccc3O)nc2c1. The Hall–Kier alpha value is -3.43. The summed E-state index contributed by atoms with van der Waals surface area (Å²) in [5.74, 6) is 0.549. The van der Waals surface area contributed by atoms with Gasteiger partial charge in [0.2, 0.25) is 5.89 Å². The summed E-state index contributed by atoms with van der Waals surface area (Å²) in [5.41, 5.74) is 3.87. The number of carbonyl (C=O) groups excluding carboxylic acids is 1. The van der Waals surface area contributed by atoms with Gasteiger partial charge in [-0.3, -0.25) is 10.1 Å². The molecule has 1 amide bonds. The summed E-state index contributed by atoms with van der Waals surface area (Å²) in [7, 11) is 1.55. The molecule has 1 heterocycles. The number of ether oxygens (including phenoxy) is 1. The predicted molar refractivity (Wildman–Crippen MR) is 135 cm³/mol. The number of aromatic nitrogens is 1. The second kappa shape index (κ2) is 9.60. The fraction of sp³-hybridized carbons (Fsp3) is 0.125. The van der Waals surface area contributed by atoms with Gasteiger partial charge in [0.1, 0.15) is 17.0 Å². The van der Waals surface area contributed by atoms with Crippen LogP contribution in [-0.4, -0.2) is 28.2 Å². The highest BCUT2D eigenvalue weighted by Gasteiger charge is 2.15. The molecule has 0 spiro atoms. The fourth-order valence-electron chi connectivity index (χ4n) is 3.24. The van der Waals surface area contributed by atoms with Crippen LogP contribution in [0.5, 0.6) is 11.5 Å². The number of fused-ring (bicyclic) bond motifs is 1. The summed E-state index contributed by atoms with van der Waals surface area (Å²) in [4.78, 5) is 17.0. The molecule has 33 heavy (non-hydrogen) atoms. The zero-order valence-corrected chi connectivity index (χ0v) is 20.2. The van der Waals surface area contributed by atoms with Crippen LogP contribution in [0.4, 0.5) is 5.69 Å². The first-order chi connectivity index (χ1) is 15.9. The molecule has 168 valence electrons. The van der Waals surface area contributed by atoms with Crippen molar-refractivity contribution in [2.24, 2.45) is 0 Å². The van der Waals surface area contributed by atoms with Gasteiger partial charge in [0.25, 0.3) is 5.91 Å². The number of methoxy groups -OCH3 is 1. The van der Waals surface area contributed by atoms with Crippen LogP contribution in [0, 0.1) is 0 Å². The minimum atomic E-state index is -0.375. The molecule has 0 saturated heterocycles. The summed E-state index contributed by atoms with van der Waals surface area (Å²) in [6.45, 7) is 2.07. The highest BCUT2D eigenvalue weighted by atomic mass is 79.9. The van der Waals surface area contributed by atoms with Crippen molar-refractivity contribution >= 4 is 56.0 Å². The van der Waals surface area contributed by atoms with Gasteiger partial charge in [-0.05, 0) is 88.7 Å². The van der Waals surface area contributed by atoms with E-state index in [9.17, 15) is 9.90 Å². The maximum atomic E-state index is 12.5. The Morgan fingerprint density at radius 2 is 2.00 bits per heavy atom. The summed E-state index contributed by atoms with van der Waals surface area (Å²) in [6, 6.07) is 15.6. The summed E-state index contributed by atoms with van der Waals surface area (Å²) in [5, 5.41) is 16.1. The maximum absolute atomic E-state index is 12.5. The minimum Gasteiger partial charge on any atom is -0.507 e. The van der Waals surface area contributed by atoms with Crippen molar-refractivity contribution in [2.75, 3.05) is 12.4 Å². The second-order valence-electron chi connectivity index (χ2n) is 7.16. The van der Waals surface area contributed by atoms with Gasteiger partial charge < -0.3 is 19.6 Å². The molecule has 0 fully saturated rings. The van der Waals surface area contributed by atoms with Crippen molar-refractivity contribution < 1.29 is 19.1 Å². The largest absolute Gasteiger partial charge is 0.507 e. The molecule has 0 aliphatic rings. The van der Waals surface area contributed by atoms with Crippen LogP contribution in [0.15, 0.2) is 63.5 Å². The third-order valence-corrected chi connectivity index (χ3v) is 5.81. The lowest BCUT2D eigenvalue weighted by Gasteiger charge is -2.11. The van der Waals surface area contributed by atoms with Gasteiger partial charge in [-0.1, -0.05) is 13.0 Å². The number of oxazole rings is 1. The smallest absolute Gasteiger partial charge is 0.257 e. The third-order valence-electron chi connectivity index (χ3n) is 4.99.